The fourth-order valence-corrected chi connectivity index (χ4v) is 2.42. The topological polar surface area (TPSA) is 49.8 Å². The van der Waals surface area contributed by atoms with Gasteiger partial charge in [0.25, 0.3) is 5.91 Å². The summed E-state index contributed by atoms with van der Waals surface area (Å²) >= 11 is 0. The van der Waals surface area contributed by atoms with Gasteiger partial charge >= 0.3 is 0 Å². The molecule has 4 heteroatoms. The highest BCUT2D eigenvalue weighted by Gasteiger charge is 2.17. The number of nitrogens with zero attached hydrogens (tertiary/aromatic N) is 1. The zero-order valence-corrected chi connectivity index (χ0v) is 14.1. The average molecular weight is 313 g/mol. The lowest BCUT2D eigenvalue weighted by molar-refractivity contribution is 0.0795. The Labute approximate surface area is 137 Å². The molecule has 23 heavy (non-hydrogen) atoms. The number of carbonyl (C=O) groups excluding carboxylic acids is 1. The van der Waals surface area contributed by atoms with Crippen LogP contribution in [0.25, 0.3) is 0 Å². The molecule has 0 aliphatic rings. The Balaban J connectivity index is 2.07. The van der Waals surface area contributed by atoms with Crippen LogP contribution < -0.4 is 4.74 Å². The van der Waals surface area contributed by atoms with Crippen molar-refractivity contribution >= 4 is 5.91 Å². The van der Waals surface area contributed by atoms with Crippen LogP contribution >= 0.6 is 0 Å². The van der Waals surface area contributed by atoms with Gasteiger partial charge in [0.05, 0.1) is 7.11 Å². The van der Waals surface area contributed by atoms with E-state index in [0.29, 0.717) is 17.9 Å². The molecule has 0 unspecified atom stereocenters. The number of aromatic hydroxyl groups is 1. The molecule has 0 saturated carbocycles. The number of aryl methyl sites for hydroxylation is 2. The molecule has 1 amide bonds. The molecule has 122 valence electrons. The Kier molecular flexibility index (Phi) is 5.27. The van der Waals surface area contributed by atoms with E-state index in [1.165, 1.54) is 24.3 Å². The van der Waals surface area contributed by atoms with E-state index in [9.17, 15) is 9.90 Å². The summed E-state index contributed by atoms with van der Waals surface area (Å²) < 4.78 is 5.06. The maximum absolute atomic E-state index is 12.6. The Morgan fingerprint density at radius 1 is 1.17 bits per heavy atom. The minimum atomic E-state index is -0.104. The van der Waals surface area contributed by atoms with Gasteiger partial charge in [0, 0.05) is 19.2 Å². The van der Waals surface area contributed by atoms with Crippen LogP contribution in [0.4, 0.5) is 0 Å². The first-order valence-electron chi connectivity index (χ1n) is 7.61. The molecule has 0 spiro atoms. The van der Waals surface area contributed by atoms with Gasteiger partial charge in [-0.05, 0) is 43.5 Å². The first kappa shape index (κ1) is 16.9. The number of carbonyl (C=O) groups is 1. The lowest BCUT2D eigenvalue weighted by Gasteiger charge is -2.19. The van der Waals surface area contributed by atoms with Gasteiger partial charge in [0.2, 0.25) is 0 Å². The summed E-state index contributed by atoms with van der Waals surface area (Å²) in [6.07, 6.45) is 0.795. The third-order valence-electron chi connectivity index (χ3n) is 3.96. The van der Waals surface area contributed by atoms with E-state index in [4.69, 9.17) is 4.74 Å². The number of methoxy groups -OCH3 is 1. The Hall–Kier alpha value is -2.49. The number of benzene rings is 2. The van der Waals surface area contributed by atoms with E-state index in [2.05, 4.69) is 31.2 Å². The van der Waals surface area contributed by atoms with Crippen LogP contribution in [0.1, 0.15) is 27.0 Å². The zero-order valence-electron chi connectivity index (χ0n) is 14.1. The van der Waals surface area contributed by atoms with Gasteiger partial charge in [-0.1, -0.05) is 29.8 Å². The molecule has 0 atom stereocenters. The highest BCUT2D eigenvalue weighted by Crippen LogP contribution is 2.29. The zero-order chi connectivity index (χ0) is 17.0. The lowest BCUT2D eigenvalue weighted by atomic mass is 10.1. The number of phenolic OH excluding ortho intramolecular Hbond substituents is 1. The van der Waals surface area contributed by atoms with Gasteiger partial charge in [-0.25, -0.2) is 0 Å². The number of hydrogen-bond acceptors (Lipinski definition) is 3. The van der Waals surface area contributed by atoms with E-state index in [-0.39, 0.29) is 11.7 Å². The molecule has 2 aromatic rings. The highest BCUT2D eigenvalue weighted by molar-refractivity contribution is 5.96. The number of amides is 1. The van der Waals surface area contributed by atoms with Gasteiger partial charge in [0.15, 0.2) is 11.5 Å². The summed E-state index contributed by atoms with van der Waals surface area (Å²) in [5.74, 6) is 0.252. The minimum absolute atomic E-state index is 0.0200. The summed E-state index contributed by atoms with van der Waals surface area (Å²) in [7, 11) is 3.26. The molecule has 2 aromatic carbocycles. The van der Waals surface area contributed by atoms with Crippen LogP contribution in [0.15, 0.2) is 36.4 Å². The van der Waals surface area contributed by atoms with Gasteiger partial charge in [-0.2, -0.15) is 0 Å². The number of ether oxygens (including phenoxy) is 1. The summed E-state index contributed by atoms with van der Waals surface area (Å²) in [6, 6.07) is 11.5. The molecule has 0 aliphatic carbocycles. The monoisotopic (exact) mass is 313 g/mol. The van der Waals surface area contributed by atoms with Crippen molar-refractivity contribution in [3.05, 3.63) is 58.7 Å². The highest BCUT2D eigenvalue weighted by atomic mass is 16.5. The molecule has 0 aliphatic heterocycles. The Morgan fingerprint density at radius 3 is 2.43 bits per heavy atom. The van der Waals surface area contributed by atoms with Crippen molar-refractivity contribution in [1.82, 2.24) is 4.90 Å². The van der Waals surface area contributed by atoms with Crippen LogP contribution in [0.5, 0.6) is 11.5 Å². The second kappa shape index (κ2) is 7.18. The standard InChI is InChI=1S/C19H23NO3/c1-13-5-7-15(8-6-13)9-10-20(3)19(22)16-12-17(21)18(23-4)11-14(16)2/h5-8,11-12,21H,9-10H2,1-4H3. The van der Waals surface area contributed by atoms with Crippen molar-refractivity contribution in [1.29, 1.82) is 0 Å². The van der Waals surface area contributed by atoms with Crippen LogP contribution in [0, 0.1) is 13.8 Å². The SMILES string of the molecule is COc1cc(C)c(C(=O)N(C)CCc2ccc(C)cc2)cc1O. The van der Waals surface area contributed by atoms with Gasteiger partial charge in [-0.3, -0.25) is 4.79 Å². The first-order valence-corrected chi connectivity index (χ1v) is 7.61. The fourth-order valence-electron chi connectivity index (χ4n) is 2.42. The van der Waals surface area contributed by atoms with Crippen molar-refractivity contribution in [2.45, 2.75) is 20.3 Å². The predicted molar refractivity (Wildman–Crippen MR) is 91.2 cm³/mol. The minimum Gasteiger partial charge on any atom is -0.504 e. The number of hydrogen-bond donors (Lipinski definition) is 1. The van der Waals surface area contributed by atoms with E-state index < -0.39 is 0 Å². The van der Waals surface area contributed by atoms with Gasteiger partial charge < -0.3 is 14.7 Å². The van der Waals surface area contributed by atoms with E-state index in [1.807, 2.05) is 6.92 Å². The quantitative estimate of drug-likeness (QED) is 0.921. The Bertz CT molecular complexity index is 693. The smallest absolute Gasteiger partial charge is 0.254 e. The molecule has 0 fully saturated rings. The first-order chi connectivity index (χ1) is 10.9. The fraction of sp³-hybridized carbons (Fsp3) is 0.316. The summed E-state index contributed by atoms with van der Waals surface area (Å²) in [6.45, 7) is 4.51. The molecule has 1 N–H and O–H groups in total. The Morgan fingerprint density at radius 2 is 1.83 bits per heavy atom. The van der Waals surface area contributed by atoms with Crippen molar-refractivity contribution < 1.29 is 14.6 Å². The molecular weight excluding hydrogens is 290 g/mol. The van der Waals surface area contributed by atoms with Crippen molar-refractivity contribution in [2.24, 2.45) is 0 Å². The largest absolute Gasteiger partial charge is 0.504 e. The van der Waals surface area contributed by atoms with Crippen molar-refractivity contribution in [2.75, 3.05) is 20.7 Å². The third-order valence-corrected chi connectivity index (χ3v) is 3.96. The number of rotatable bonds is 5. The molecule has 0 radical (unpaired) electrons. The molecule has 0 heterocycles. The average Bonchev–Trinajstić information content (AvgIpc) is 2.55. The van der Waals surface area contributed by atoms with Crippen LogP contribution in [-0.4, -0.2) is 36.6 Å². The second-order valence-corrected chi connectivity index (χ2v) is 5.80. The van der Waals surface area contributed by atoms with Crippen molar-refractivity contribution in [3.8, 4) is 11.5 Å². The van der Waals surface area contributed by atoms with E-state index in [0.717, 1.165) is 12.0 Å². The molecular formula is C19H23NO3. The van der Waals surface area contributed by atoms with E-state index >= 15 is 0 Å². The molecule has 0 bridgehead atoms. The van der Waals surface area contributed by atoms with Crippen molar-refractivity contribution in [3.63, 3.8) is 0 Å². The van der Waals surface area contributed by atoms with Crippen LogP contribution in [-0.2, 0) is 6.42 Å². The summed E-state index contributed by atoms with van der Waals surface area (Å²) in [5.41, 5.74) is 3.70. The summed E-state index contributed by atoms with van der Waals surface area (Å²) in [4.78, 5) is 14.2. The predicted octanol–water partition coefficient (Wildman–Crippen LogP) is 3.33. The summed E-state index contributed by atoms with van der Waals surface area (Å²) in [5, 5.41) is 9.88. The third kappa shape index (κ3) is 4.03. The molecule has 0 aromatic heterocycles. The molecule has 2 rings (SSSR count). The maximum atomic E-state index is 12.6. The van der Waals surface area contributed by atoms with E-state index in [1.54, 1.807) is 18.0 Å². The van der Waals surface area contributed by atoms with Crippen LogP contribution in [0.2, 0.25) is 0 Å². The molecule has 0 saturated heterocycles. The normalized spacial score (nSPS) is 10.4. The molecule has 4 nitrogen and oxygen atoms in total. The second-order valence-electron chi connectivity index (χ2n) is 5.80. The maximum Gasteiger partial charge on any atom is 0.254 e. The van der Waals surface area contributed by atoms with Gasteiger partial charge in [-0.15, -0.1) is 0 Å². The number of likely N-dealkylation sites (N-methyl/N-ethyl adjacent to an activating group) is 1. The lowest BCUT2D eigenvalue weighted by Crippen LogP contribution is -2.29. The van der Waals surface area contributed by atoms with Gasteiger partial charge in [0.1, 0.15) is 0 Å². The van der Waals surface area contributed by atoms with Crippen LogP contribution in [0.3, 0.4) is 0 Å². The number of phenols is 1.